The third-order valence-electron chi connectivity index (χ3n) is 5.87. The van der Waals surface area contributed by atoms with Crippen molar-refractivity contribution >= 4 is 11.6 Å². The predicted octanol–water partition coefficient (Wildman–Crippen LogP) is 0.961. The highest BCUT2D eigenvalue weighted by Crippen LogP contribution is 2.32. The SMILES string of the molecule is COc1ccc(-c2ccnc3cc(C(=O)NC4CCN(C[C@@H](O)CO)CC4)nn23)cc1OC. The minimum Gasteiger partial charge on any atom is -0.493 e. The van der Waals surface area contributed by atoms with Crippen LogP contribution < -0.4 is 14.8 Å². The van der Waals surface area contributed by atoms with Gasteiger partial charge in [0.1, 0.15) is 0 Å². The zero-order valence-corrected chi connectivity index (χ0v) is 18.8. The molecule has 0 saturated carbocycles. The molecule has 3 aromatic rings. The zero-order valence-electron chi connectivity index (χ0n) is 18.8. The van der Waals surface area contributed by atoms with Gasteiger partial charge in [0, 0.05) is 43.5 Å². The van der Waals surface area contributed by atoms with Crippen molar-refractivity contribution in [1.82, 2.24) is 24.8 Å². The van der Waals surface area contributed by atoms with Gasteiger partial charge in [-0.1, -0.05) is 0 Å². The number of hydrogen-bond donors (Lipinski definition) is 3. The van der Waals surface area contributed by atoms with E-state index in [1.54, 1.807) is 31.0 Å². The lowest BCUT2D eigenvalue weighted by Crippen LogP contribution is -2.47. The first-order valence-corrected chi connectivity index (χ1v) is 10.9. The van der Waals surface area contributed by atoms with Crippen LogP contribution in [0.5, 0.6) is 11.5 Å². The van der Waals surface area contributed by atoms with E-state index in [1.807, 2.05) is 24.3 Å². The van der Waals surface area contributed by atoms with Crippen molar-refractivity contribution in [3.8, 4) is 22.8 Å². The van der Waals surface area contributed by atoms with E-state index in [0.717, 1.165) is 37.2 Å². The molecule has 10 heteroatoms. The second-order valence-corrected chi connectivity index (χ2v) is 8.08. The van der Waals surface area contributed by atoms with E-state index in [0.29, 0.717) is 29.4 Å². The Morgan fingerprint density at radius 3 is 2.64 bits per heavy atom. The van der Waals surface area contributed by atoms with Gasteiger partial charge in [-0.2, -0.15) is 5.10 Å². The number of methoxy groups -OCH3 is 2. The summed E-state index contributed by atoms with van der Waals surface area (Å²) in [5.74, 6) is 0.986. The van der Waals surface area contributed by atoms with Crippen molar-refractivity contribution in [2.45, 2.75) is 25.0 Å². The molecule has 0 radical (unpaired) electrons. The highest BCUT2D eigenvalue weighted by Gasteiger charge is 2.24. The van der Waals surface area contributed by atoms with E-state index in [4.69, 9.17) is 14.6 Å². The molecule has 3 heterocycles. The third kappa shape index (κ3) is 5.08. The topological polar surface area (TPSA) is 121 Å². The first-order chi connectivity index (χ1) is 16.0. The first kappa shape index (κ1) is 23.0. The molecular formula is C23H29N5O5. The lowest BCUT2D eigenvalue weighted by atomic mass is 10.0. The van der Waals surface area contributed by atoms with Crippen LogP contribution in [0.1, 0.15) is 23.3 Å². The molecule has 0 bridgehead atoms. The number of fused-ring (bicyclic) bond motifs is 1. The number of carbonyl (C=O) groups is 1. The first-order valence-electron chi connectivity index (χ1n) is 10.9. The summed E-state index contributed by atoms with van der Waals surface area (Å²) in [6.45, 7) is 1.69. The van der Waals surface area contributed by atoms with Crippen molar-refractivity contribution in [3.63, 3.8) is 0 Å². The number of aliphatic hydroxyl groups excluding tert-OH is 2. The largest absolute Gasteiger partial charge is 0.493 e. The lowest BCUT2D eigenvalue weighted by molar-refractivity contribution is 0.0493. The quantitative estimate of drug-likeness (QED) is 0.459. The highest BCUT2D eigenvalue weighted by atomic mass is 16.5. The van der Waals surface area contributed by atoms with Gasteiger partial charge in [-0.3, -0.25) is 4.79 Å². The van der Waals surface area contributed by atoms with Gasteiger partial charge in [-0.15, -0.1) is 0 Å². The Labute approximate surface area is 191 Å². The fraction of sp³-hybridized carbons (Fsp3) is 0.435. The molecule has 1 aromatic carbocycles. The molecule has 1 fully saturated rings. The van der Waals surface area contributed by atoms with Gasteiger partial charge in [-0.05, 0) is 37.1 Å². The van der Waals surface area contributed by atoms with Gasteiger partial charge in [0.25, 0.3) is 5.91 Å². The summed E-state index contributed by atoms with van der Waals surface area (Å²) in [7, 11) is 3.17. The fourth-order valence-corrected chi connectivity index (χ4v) is 4.10. The van der Waals surface area contributed by atoms with Crippen LogP contribution in [-0.2, 0) is 0 Å². The number of nitrogens with one attached hydrogen (secondary N) is 1. The predicted molar refractivity (Wildman–Crippen MR) is 122 cm³/mol. The molecule has 0 spiro atoms. The molecule has 3 N–H and O–H groups in total. The molecule has 1 amide bonds. The van der Waals surface area contributed by atoms with E-state index in [1.165, 1.54) is 0 Å². The number of ether oxygens (including phenoxy) is 2. The maximum absolute atomic E-state index is 12.9. The normalized spacial score (nSPS) is 16.0. The maximum Gasteiger partial charge on any atom is 0.272 e. The molecular weight excluding hydrogens is 426 g/mol. The minimum atomic E-state index is -0.735. The number of rotatable bonds is 8. The van der Waals surface area contributed by atoms with E-state index in [9.17, 15) is 9.90 Å². The van der Waals surface area contributed by atoms with Crippen molar-refractivity contribution in [2.75, 3.05) is 40.5 Å². The van der Waals surface area contributed by atoms with Crippen LogP contribution in [0.2, 0.25) is 0 Å². The number of aliphatic hydroxyl groups is 2. The van der Waals surface area contributed by atoms with Crippen LogP contribution in [0.25, 0.3) is 16.9 Å². The Morgan fingerprint density at radius 1 is 1.18 bits per heavy atom. The smallest absolute Gasteiger partial charge is 0.272 e. The lowest BCUT2D eigenvalue weighted by Gasteiger charge is -2.33. The number of nitrogens with zero attached hydrogens (tertiary/aromatic N) is 4. The van der Waals surface area contributed by atoms with Crippen LogP contribution in [0.3, 0.4) is 0 Å². The van der Waals surface area contributed by atoms with E-state index < -0.39 is 6.10 Å². The van der Waals surface area contributed by atoms with Crippen LogP contribution in [0.4, 0.5) is 0 Å². The number of β-amino-alcohol motifs (C(OH)–C–C–N with tert-alkyl or cyclic N) is 1. The zero-order chi connectivity index (χ0) is 23.4. The molecule has 4 rings (SSSR count). The van der Waals surface area contributed by atoms with Crippen LogP contribution in [-0.4, -0.2) is 88.2 Å². The van der Waals surface area contributed by atoms with Gasteiger partial charge in [0.2, 0.25) is 0 Å². The summed E-state index contributed by atoms with van der Waals surface area (Å²) in [5, 5.41) is 26.2. The molecule has 176 valence electrons. The van der Waals surface area contributed by atoms with Crippen LogP contribution >= 0.6 is 0 Å². The van der Waals surface area contributed by atoms with Gasteiger partial charge in [0.15, 0.2) is 22.8 Å². The number of aromatic nitrogens is 3. The molecule has 33 heavy (non-hydrogen) atoms. The molecule has 1 aliphatic rings. The van der Waals surface area contributed by atoms with Crippen LogP contribution in [0, 0.1) is 0 Å². The fourth-order valence-electron chi connectivity index (χ4n) is 4.10. The maximum atomic E-state index is 12.9. The minimum absolute atomic E-state index is 0.0307. The average Bonchev–Trinajstić information content (AvgIpc) is 3.29. The number of amides is 1. The Hall–Kier alpha value is -3.21. The number of piperidine rings is 1. The summed E-state index contributed by atoms with van der Waals surface area (Å²) in [4.78, 5) is 19.3. The standard InChI is InChI=1S/C23H29N5O5/c1-32-20-4-3-15(11-21(20)33-2)19-5-8-24-22-12-18(26-28(19)22)23(31)25-16-6-9-27(10-7-16)13-17(30)14-29/h3-5,8,11-12,16-17,29-30H,6-7,9-10,13-14H2,1-2H3,(H,25,31)/t17-/m1/s1. The van der Waals surface area contributed by atoms with Gasteiger partial charge in [0.05, 0.1) is 32.6 Å². The van der Waals surface area contributed by atoms with Crippen molar-refractivity contribution in [2.24, 2.45) is 0 Å². The Balaban J connectivity index is 1.48. The molecule has 1 aliphatic heterocycles. The second kappa shape index (κ2) is 10.2. The Bertz CT molecular complexity index is 1110. The van der Waals surface area contributed by atoms with E-state index in [-0.39, 0.29) is 18.6 Å². The number of benzene rings is 1. The van der Waals surface area contributed by atoms with E-state index >= 15 is 0 Å². The van der Waals surface area contributed by atoms with Crippen molar-refractivity contribution in [3.05, 3.63) is 42.2 Å². The van der Waals surface area contributed by atoms with Crippen molar-refractivity contribution < 1.29 is 24.5 Å². The number of likely N-dealkylation sites (tertiary alicyclic amines) is 1. The second-order valence-electron chi connectivity index (χ2n) is 8.08. The van der Waals surface area contributed by atoms with Gasteiger partial charge in [-0.25, -0.2) is 9.50 Å². The molecule has 1 saturated heterocycles. The van der Waals surface area contributed by atoms with Gasteiger partial charge >= 0.3 is 0 Å². The average molecular weight is 456 g/mol. The highest BCUT2D eigenvalue weighted by molar-refractivity contribution is 5.93. The molecule has 1 atom stereocenters. The summed E-state index contributed by atoms with van der Waals surface area (Å²) in [6.07, 6.45) is 2.49. The molecule has 10 nitrogen and oxygen atoms in total. The van der Waals surface area contributed by atoms with E-state index in [2.05, 4.69) is 20.3 Å². The van der Waals surface area contributed by atoms with Gasteiger partial charge < -0.3 is 29.9 Å². The molecule has 2 aromatic heterocycles. The third-order valence-corrected chi connectivity index (χ3v) is 5.87. The summed E-state index contributed by atoms with van der Waals surface area (Å²) >= 11 is 0. The number of carbonyl (C=O) groups excluding carboxylic acids is 1. The monoisotopic (exact) mass is 455 g/mol. The van der Waals surface area contributed by atoms with Crippen LogP contribution in [0.15, 0.2) is 36.5 Å². The summed E-state index contributed by atoms with van der Waals surface area (Å²) in [6, 6.07) is 9.12. The number of hydrogen-bond acceptors (Lipinski definition) is 8. The Morgan fingerprint density at radius 2 is 1.94 bits per heavy atom. The summed E-state index contributed by atoms with van der Waals surface area (Å²) < 4.78 is 12.4. The summed E-state index contributed by atoms with van der Waals surface area (Å²) in [5.41, 5.74) is 2.50. The van der Waals surface area contributed by atoms with Crippen molar-refractivity contribution in [1.29, 1.82) is 0 Å². The molecule has 0 unspecified atom stereocenters. The Kier molecular flexibility index (Phi) is 7.07. The molecule has 0 aliphatic carbocycles.